The van der Waals surface area contributed by atoms with Gasteiger partial charge in [0.15, 0.2) is 0 Å². The average Bonchev–Trinajstić information content (AvgIpc) is 2.44. The molecule has 21 heavy (non-hydrogen) atoms. The number of nitrogens with one attached hydrogen (secondary N) is 1. The van der Waals surface area contributed by atoms with Crippen LogP contribution in [-0.2, 0) is 9.59 Å². The fourth-order valence-corrected chi connectivity index (χ4v) is 2.58. The van der Waals surface area contributed by atoms with E-state index in [2.05, 4.69) is 5.32 Å². The Balaban J connectivity index is 2.00. The van der Waals surface area contributed by atoms with E-state index in [-0.39, 0.29) is 17.7 Å². The highest BCUT2D eigenvalue weighted by molar-refractivity contribution is 5.96. The Morgan fingerprint density at radius 1 is 1.24 bits per heavy atom. The molecule has 1 N–H and O–H groups in total. The number of amides is 2. The molecule has 2 amide bonds. The first-order chi connectivity index (χ1) is 10.0. The van der Waals surface area contributed by atoms with Gasteiger partial charge in [-0.2, -0.15) is 0 Å². The quantitative estimate of drug-likeness (QED) is 0.892. The lowest BCUT2D eigenvalue weighted by molar-refractivity contribution is -0.151. The van der Waals surface area contributed by atoms with E-state index in [0.29, 0.717) is 13.2 Å². The van der Waals surface area contributed by atoms with Crippen LogP contribution in [0.15, 0.2) is 30.3 Å². The molecule has 2 rings (SSSR count). The van der Waals surface area contributed by atoms with E-state index in [4.69, 9.17) is 4.74 Å². The fourth-order valence-electron chi connectivity index (χ4n) is 2.58. The Morgan fingerprint density at radius 3 is 2.52 bits per heavy atom. The lowest BCUT2D eigenvalue weighted by Crippen LogP contribution is -2.64. The van der Waals surface area contributed by atoms with Gasteiger partial charge in [-0.15, -0.1) is 0 Å². The monoisotopic (exact) mass is 290 g/mol. The second-order valence-electron chi connectivity index (χ2n) is 5.61. The molecular weight excluding hydrogens is 268 g/mol. The van der Waals surface area contributed by atoms with Crippen molar-refractivity contribution < 1.29 is 14.3 Å². The molecular formula is C16H22N2O3. The molecule has 2 unspecified atom stereocenters. The van der Waals surface area contributed by atoms with Crippen molar-refractivity contribution in [1.29, 1.82) is 0 Å². The zero-order valence-electron chi connectivity index (χ0n) is 12.7. The molecule has 1 aromatic rings. The first kappa shape index (κ1) is 15.4. The van der Waals surface area contributed by atoms with Gasteiger partial charge in [0.05, 0.1) is 6.54 Å². The number of para-hydroxylation sites is 1. The number of carbonyl (C=O) groups is 2. The molecule has 0 aliphatic carbocycles. The van der Waals surface area contributed by atoms with Crippen LogP contribution in [0, 0.1) is 5.92 Å². The van der Waals surface area contributed by atoms with E-state index in [1.54, 1.807) is 11.8 Å². The smallest absolute Gasteiger partial charge is 0.245 e. The predicted molar refractivity (Wildman–Crippen MR) is 79.9 cm³/mol. The average molecular weight is 290 g/mol. The second kappa shape index (κ2) is 6.61. The molecule has 1 fully saturated rings. The summed E-state index contributed by atoms with van der Waals surface area (Å²) in [5.74, 6) is 0.695. The van der Waals surface area contributed by atoms with Gasteiger partial charge in [-0.05, 0) is 25.0 Å². The Labute approximate surface area is 125 Å². The van der Waals surface area contributed by atoms with Gasteiger partial charge in [0.2, 0.25) is 11.8 Å². The number of piperazine rings is 1. The minimum absolute atomic E-state index is 0.0510. The summed E-state index contributed by atoms with van der Waals surface area (Å²) in [5.41, 5.74) is 0. The molecule has 1 aromatic carbocycles. The van der Waals surface area contributed by atoms with E-state index in [1.165, 1.54) is 0 Å². The largest absolute Gasteiger partial charge is 0.492 e. The third-order valence-electron chi connectivity index (χ3n) is 3.59. The van der Waals surface area contributed by atoms with Gasteiger partial charge in [-0.1, -0.05) is 32.0 Å². The summed E-state index contributed by atoms with van der Waals surface area (Å²) in [6, 6.07) is 8.56. The van der Waals surface area contributed by atoms with E-state index in [1.807, 2.05) is 44.2 Å². The zero-order chi connectivity index (χ0) is 15.4. The summed E-state index contributed by atoms with van der Waals surface area (Å²) in [6.45, 7) is 6.38. The lowest BCUT2D eigenvalue weighted by atomic mass is 9.97. The molecule has 0 saturated carbocycles. The van der Waals surface area contributed by atoms with Crippen molar-refractivity contribution in [3.05, 3.63) is 30.3 Å². The van der Waals surface area contributed by atoms with Crippen LogP contribution in [0.1, 0.15) is 20.8 Å². The number of ether oxygens (including phenoxy) is 1. The fraction of sp³-hybridized carbons (Fsp3) is 0.500. The molecule has 1 aliphatic heterocycles. The van der Waals surface area contributed by atoms with E-state index in [0.717, 1.165) is 5.75 Å². The van der Waals surface area contributed by atoms with Crippen LogP contribution in [0.5, 0.6) is 5.75 Å². The summed E-state index contributed by atoms with van der Waals surface area (Å²) in [5, 5.41) is 2.73. The molecule has 1 aliphatic rings. The Morgan fingerprint density at radius 2 is 1.90 bits per heavy atom. The number of carbonyl (C=O) groups excluding carboxylic acids is 2. The van der Waals surface area contributed by atoms with E-state index in [9.17, 15) is 9.59 Å². The number of hydrogen-bond donors (Lipinski definition) is 1. The van der Waals surface area contributed by atoms with Crippen LogP contribution < -0.4 is 10.1 Å². The minimum atomic E-state index is -0.468. The maximum Gasteiger partial charge on any atom is 0.245 e. The molecule has 0 radical (unpaired) electrons. The highest BCUT2D eigenvalue weighted by Crippen LogP contribution is 2.17. The van der Waals surface area contributed by atoms with Crippen LogP contribution in [-0.4, -0.2) is 41.9 Å². The summed E-state index contributed by atoms with van der Waals surface area (Å²) in [4.78, 5) is 26.0. The Bertz CT molecular complexity index is 502. The van der Waals surface area contributed by atoms with Crippen molar-refractivity contribution in [3.63, 3.8) is 0 Å². The lowest BCUT2D eigenvalue weighted by Gasteiger charge is -2.39. The Hall–Kier alpha value is -2.04. The van der Waals surface area contributed by atoms with E-state index >= 15 is 0 Å². The number of rotatable bonds is 5. The van der Waals surface area contributed by atoms with Gasteiger partial charge in [-0.25, -0.2) is 0 Å². The number of hydrogen-bond acceptors (Lipinski definition) is 3. The highest BCUT2D eigenvalue weighted by atomic mass is 16.5. The SMILES string of the molecule is CC1NC(=O)C(C(C)C)N(CCOc2ccccc2)C1=O. The van der Waals surface area contributed by atoms with Gasteiger partial charge >= 0.3 is 0 Å². The topological polar surface area (TPSA) is 58.6 Å². The van der Waals surface area contributed by atoms with Crippen molar-refractivity contribution in [1.82, 2.24) is 10.2 Å². The van der Waals surface area contributed by atoms with Crippen molar-refractivity contribution in [3.8, 4) is 5.75 Å². The second-order valence-corrected chi connectivity index (χ2v) is 5.61. The van der Waals surface area contributed by atoms with Crippen LogP contribution >= 0.6 is 0 Å². The van der Waals surface area contributed by atoms with Crippen molar-refractivity contribution in [2.24, 2.45) is 5.92 Å². The number of nitrogens with zero attached hydrogens (tertiary/aromatic N) is 1. The molecule has 5 heteroatoms. The standard InChI is InChI=1S/C16H22N2O3/c1-11(2)14-15(19)17-12(3)16(20)18(14)9-10-21-13-7-5-4-6-8-13/h4-8,11-12,14H,9-10H2,1-3H3,(H,17,19). The molecule has 0 spiro atoms. The molecule has 114 valence electrons. The molecule has 0 aromatic heterocycles. The summed E-state index contributed by atoms with van der Waals surface area (Å²) in [6.07, 6.45) is 0. The third kappa shape index (κ3) is 3.54. The third-order valence-corrected chi connectivity index (χ3v) is 3.59. The molecule has 0 bridgehead atoms. The predicted octanol–water partition coefficient (Wildman–Crippen LogP) is 1.44. The van der Waals surface area contributed by atoms with Crippen LogP contribution in [0.4, 0.5) is 0 Å². The zero-order valence-corrected chi connectivity index (χ0v) is 12.7. The number of benzene rings is 1. The van der Waals surface area contributed by atoms with Gasteiger partial charge in [-0.3, -0.25) is 9.59 Å². The highest BCUT2D eigenvalue weighted by Gasteiger charge is 2.39. The van der Waals surface area contributed by atoms with Crippen LogP contribution in [0.2, 0.25) is 0 Å². The molecule has 5 nitrogen and oxygen atoms in total. The molecule has 1 saturated heterocycles. The van der Waals surface area contributed by atoms with Gasteiger partial charge in [0, 0.05) is 0 Å². The molecule has 1 heterocycles. The van der Waals surface area contributed by atoms with Crippen molar-refractivity contribution in [2.75, 3.05) is 13.2 Å². The first-order valence-electron chi connectivity index (χ1n) is 7.29. The first-order valence-corrected chi connectivity index (χ1v) is 7.29. The minimum Gasteiger partial charge on any atom is -0.492 e. The van der Waals surface area contributed by atoms with Gasteiger partial charge < -0.3 is 15.0 Å². The van der Waals surface area contributed by atoms with Gasteiger partial charge in [0.1, 0.15) is 24.4 Å². The Kier molecular flexibility index (Phi) is 4.83. The summed E-state index contributed by atoms with van der Waals surface area (Å²) >= 11 is 0. The normalized spacial score (nSPS) is 22.4. The maximum absolute atomic E-state index is 12.3. The van der Waals surface area contributed by atoms with Crippen LogP contribution in [0.3, 0.4) is 0 Å². The van der Waals surface area contributed by atoms with Gasteiger partial charge in [0.25, 0.3) is 0 Å². The maximum atomic E-state index is 12.3. The summed E-state index contributed by atoms with van der Waals surface area (Å²) < 4.78 is 5.63. The van der Waals surface area contributed by atoms with Crippen molar-refractivity contribution >= 4 is 11.8 Å². The van der Waals surface area contributed by atoms with E-state index < -0.39 is 12.1 Å². The van der Waals surface area contributed by atoms with Crippen LogP contribution in [0.25, 0.3) is 0 Å². The molecule has 2 atom stereocenters. The van der Waals surface area contributed by atoms with Crippen molar-refractivity contribution in [2.45, 2.75) is 32.9 Å². The summed E-state index contributed by atoms with van der Waals surface area (Å²) in [7, 11) is 0.